The Morgan fingerprint density at radius 3 is 2.57 bits per heavy atom. The van der Waals surface area contributed by atoms with Gasteiger partial charge in [0.15, 0.2) is 0 Å². The van der Waals surface area contributed by atoms with E-state index in [0.717, 1.165) is 31.2 Å². The molecule has 2 nitrogen and oxygen atoms in total. The van der Waals surface area contributed by atoms with E-state index in [1.165, 1.54) is 18.4 Å². The van der Waals surface area contributed by atoms with Crippen LogP contribution >= 0.6 is 0 Å². The van der Waals surface area contributed by atoms with Gasteiger partial charge >= 0.3 is 0 Å². The number of anilines is 1. The van der Waals surface area contributed by atoms with Gasteiger partial charge in [-0.1, -0.05) is 12.1 Å². The first kappa shape index (κ1) is 9.53. The lowest BCUT2D eigenvalue weighted by molar-refractivity contribution is 0.127. The Morgan fingerprint density at radius 2 is 1.93 bits per heavy atom. The van der Waals surface area contributed by atoms with E-state index >= 15 is 0 Å². The van der Waals surface area contributed by atoms with Gasteiger partial charge in [0.2, 0.25) is 0 Å². The van der Waals surface area contributed by atoms with E-state index < -0.39 is 0 Å². The van der Waals surface area contributed by atoms with Crippen LogP contribution in [0, 0.1) is 5.92 Å². The second kappa shape index (κ2) is 4.47. The monoisotopic (exact) mass is 191 g/mol. The second-order valence-electron chi connectivity index (χ2n) is 4.01. The van der Waals surface area contributed by atoms with E-state index in [1.807, 2.05) is 12.1 Å². The van der Waals surface area contributed by atoms with Crippen molar-refractivity contribution in [1.82, 2.24) is 0 Å². The van der Waals surface area contributed by atoms with E-state index in [2.05, 4.69) is 12.1 Å². The van der Waals surface area contributed by atoms with Gasteiger partial charge in [0.1, 0.15) is 0 Å². The zero-order valence-corrected chi connectivity index (χ0v) is 8.41. The molecule has 1 aromatic rings. The third-order valence-electron chi connectivity index (χ3n) is 2.57. The fourth-order valence-corrected chi connectivity index (χ4v) is 1.41. The molecule has 2 N–H and O–H groups in total. The molecule has 1 saturated carbocycles. The number of nitrogen functional groups attached to an aromatic ring is 1. The average molecular weight is 191 g/mol. The van der Waals surface area contributed by atoms with Crippen molar-refractivity contribution in [3.63, 3.8) is 0 Å². The molecule has 0 saturated heterocycles. The minimum atomic E-state index is 0.827. The third-order valence-corrected chi connectivity index (χ3v) is 2.57. The smallest absolute Gasteiger partial charge is 0.0506 e. The molecule has 0 bridgehead atoms. The van der Waals surface area contributed by atoms with Crippen molar-refractivity contribution in [3.8, 4) is 0 Å². The largest absolute Gasteiger partial charge is 0.399 e. The van der Waals surface area contributed by atoms with Crippen LogP contribution in [-0.2, 0) is 11.2 Å². The summed E-state index contributed by atoms with van der Waals surface area (Å²) in [6, 6.07) is 8.01. The molecule has 0 heterocycles. The lowest BCUT2D eigenvalue weighted by Crippen LogP contribution is -2.01. The van der Waals surface area contributed by atoms with E-state index in [0.29, 0.717) is 0 Å². The predicted octanol–water partition coefficient (Wildman–Crippen LogP) is 2.24. The molecular weight excluding hydrogens is 174 g/mol. The number of hydrogen-bond donors (Lipinski definition) is 1. The fourth-order valence-electron chi connectivity index (χ4n) is 1.41. The van der Waals surface area contributed by atoms with Crippen molar-refractivity contribution in [1.29, 1.82) is 0 Å². The molecular formula is C12H17NO. The standard InChI is InChI=1S/C12H17NO/c13-12-5-3-10(4-6-12)7-8-14-9-11-1-2-11/h3-6,11H,1-2,7-9,13H2. The summed E-state index contributed by atoms with van der Waals surface area (Å²) in [6.45, 7) is 1.79. The van der Waals surface area contributed by atoms with Gasteiger partial charge in [-0.3, -0.25) is 0 Å². The SMILES string of the molecule is Nc1ccc(CCOCC2CC2)cc1. The summed E-state index contributed by atoms with van der Waals surface area (Å²) in [5, 5.41) is 0. The molecule has 76 valence electrons. The number of rotatable bonds is 5. The van der Waals surface area contributed by atoms with Crippen molar-refractivity contribution < 1.29 is 4.74 Å². The number of ether oxygens (including phenoxy) is 1. The first-order valence-corrected chi connectivity index (χ1v) is 5.27. The molecule has 0 radical (unpaired) electrons. The van der Waals surface area contributed by atoms with Crippen LogP contribution in [0.25, 0.3) is 0 Å². The Balaban J connectivity index is 1.66. The van der Waals surface area contributed by atoms with Crippen LogP contribution in [0.15, 0.2) is 24.3 Å². The van der Waals surface area contributed by atoms with Crippen molar-refractivity contribution >= 4 is 5.69 Å². The molecule has 0 aromatic heterocycles. The highest BCUT2D eigenvalue weighted by atomic mass is 16.5. The molecule has 0 unspecified atom stereocenters. The zero-order chi connectivity index (χ0) is 9.80. The average Bonchev–Trinajstić information content (AvgIpc) is 2.99. The number of benzene rings is 1. The van der Waals surface area contributed by atoms with Crippen LogP contribution in [-0.4, -0.2) is 13.2 Å². The third kappa shape index (κ3) is 3.04. The van der Waals surface area contributed by atoms with Gasteiger partial charge in [0, 0.05) is 12.3 Å². The second-order valence-corrected chi connectivity index (χ2v) is 4.01. The van der Waals surface area contributed by atoms with E-state index in [-0.39, 0.29) is 0 Å². The van der Waals surface area contributed by atoms with E-state index in [1.54, 1.807) is 0 Å². The fraction of sp³-hybridized carbons (Fsp3) is 0.500. The van der Waals surface area contributed by atoms with Crippen molar-refractivity contribution in [2.24, 2.45) is 5.92 Å². The number of hydrogen-bond acceptors (Lipinski definition) is 2. The van der Waals surface area contributed by atoms with Gasteiger partial charge in [-0.2, -0.15) is 0 Å². The van der Waals surface area contributed by atoms with Crippen LogP contribution in [0.5, 0.6) is 0 Å². The van der Waals surface area contributed by atoms with Gasteiger partial charge < -0.3 is 10.5 Å². The molecule has 2 rings (SSSR count). The maximum absolute atomic E-state index is 5.60. The van der Waals surface area contributed by atoms with Crippen LogP contribution in [0.2, 0.25) is 0 Å². The molecule has 2 heteroatoms. The molecule has 0 amide bonds. The maximum atomic E-state index is 5.60. The molecule has 1 aromatic carbocycles. The number of nitrogens with two attached hydrogens (primary N) is 1. The molecule has 0 atom stereocenters. The van der Waals surface area contributed by atoms with Crippen LogP contribution < -0.4 is 5.73 Å². The Labute approximate surface area is 85.1 Å². The molecule has 1 aliphatic rings. The van der Waals surface area contributed by atoms with Crippen molar-refractivity contribution in [3.05, 3.63) is 29.8 Å². The van der Waals surface area contributed by atoms with Gasteiger partial charge in [0.25, 0.3) is 0 Å². The van der Waals surface area contributed by atoms with Crippen molar-refractivity contribution in [2.45, 2.75) is 19.3 Å². The highest BCUT2D eigenvalue weighted by Gasteiger charge is 2.20. The highest BCUT2D eigenvalue weighted by molar-refractivity contribution is 5.39. The summed E-state index contributed by atoms with van der Waals surface area (Å²) in [5.41, 5.74) is 7.73. The summed E-state index contributed by atoms with van der Waals surface area (Å²) in [4.78, 5) is 0. The quantitative estimate of drug-likeness (QED) is 0.572. The summed E-state index contributed by atoms with van der Waals surface area (Å²) >= 11 is 0. The lowest BCUT2D eigenvalue weighted by atomic mass is 10.1. The topological polar surface area (TPSA) is 35.2 Å². The summed E-state index contributed by atoms with van der Waals surface area (Å²) < 4.78 is 5.56. The Bertz CT molecular complexity index is 277. The summed E-state index contributed by atoms with van der Waals surface area (Å²) in [6.07, 6.45) is 3.72. The minimum absolute atomic E-state index is 0.827. The normalized spacial score (nSPS) is 15.7. The Kier molecular flexibility index (Phi) is 3.04. The zero-order valence-electron chi connectivity index (χ0n) is 8.41. The summed E-state index contributed by atoms with van der Waals surface area (Å²) in [5.74, 6) is 0.862. The first-order chi connectivity index (χ1) is 6.84. The first-order valence-electron chi connectivity index (χ1n) is 5.27. The van der Waals surface area contributed by atoms with Gasteiger partial charge in [-0.15, -0.1) is 0 Å². The summed E-state index contributed by atoms with van der Waals surface area (Å²) in [7, 11) is 0. The van der Waals surface area contributed by atoms with Gasteiger partial charge in [0.05, 0.1) is 6.61 Å². The predicted molar refractivity (Wildman–Crippen MR) is 58.1 cm³/mol. The minimum Gasteiger partial charge on any atom is -0.399 e. The van der Waals surface area contributed by atoms with Gasteiger partial charge in [-0.25, -0.2) is 0 Å². The molecule has 0 aliphatic heterocycles. The highest BCUT2D eigenvalue weighted by Crippen LogP contribution is 2.28. The molecule has 0 spiro atoms. The lowest BCUT2D eigenvalue weighted by Gasteiger charge is -2.03. The van der Waals surface area contributed by atoms with E-state index in [4.69, 9.17) is 10.5 Å². The maximum Gasteiger partial charge on any atom is 0.0506 e. The van der Waals surface area contributed by atoms with Crippen molar-refractivity contribution in [2.75, 3.05) is 18.9 Å². The molecule has 14 heavy (non-hydrogen) atoms. The van der Waals surface area contributed by atoms with Gasteiger partial charge in [-0.05, 0) is 42.9 Å². The Morgan fingerprint density at radius 1 is 1.21 bits per heavy atom. The molecule has 1 aliphatic carbocycles. The molecule has 1 fully saturated rings. The van der Waals surface area contributed by atoms with Crippen LogP contribution in [0.4, 0.5) is 5.69 Å². The van der Waals surface area contributed by atoms with Crippen LogP contribution in [0.1, 0.15) is 18.4 Å². The van der Waals surface area contributed by atoms with Crippen LogP contribution in [0.3, 0.4) is 0 Å². The van der Waals surface area contributed by atoms with E-state index in [9.17, 15) is 0 Å². The Hall–Kier alpha value is -1.02.